The Hall–Kier alpha value is -0.120. The van der Waals surface area contributed by atoms with Crippen molar-refractivity contribution in [2.45, 2.75) is 33.2 Å². The maximum atomic E-state index is 5.41. The van der Waals surface area contributed by atoms with E-state index < -0.39 is 0 Å². The van der Waals surface area contributed by atoms with Gasteiger partial charge < -0.3 is 15.4 Å². The second kappa shape index (κ2) is 7.30. The summed E-state index contributed by atoms with van der Waals surface area (Å²) in [6.45, 7) is 13.1. The third-order valence-electron chi connectivity index (χ3n) is 1.57. The van der Waals surface area contributed by atoms with E-state index in [0.29, 0.717) is 0 Å². The maximum absolute atomic E-state index is 5.41. The third-order valence-corrected chi connectivity index (χ3v) is 1.57. The average molecular weight is 188 g/mol. The van der Waals surface area contributed by atoms with Crippen LogP contribution in [0.2, 0.25) is 0 Å². The van der Waals surface area contributed by atoms with Crippen LogP contribution in [0.25, 0.3) is 0 Å². The largest absolute Gasteiger partial charge is 0.379 e. The van der Waals surface area contributed by atoms with Gasteiger partial charge in [0.1, 0.15) is 0 Å². The van der Waals surface area contributed by atoms with Gasteiger partial charge in [-0.2, -0.15) is 0 Å². The van der Waals surface area contributed by atoms with Gasteiger partial charge in [-0.15, -0.1) is 0 Å². The van der Waals surface area contributed by atoms with Crippen molar-refractivity contribution in [3.05, 3.63) is 0 Å². The Labute approximate surface area is 82.2 Å². The van der Waals surface area contributed by atoms with Crippen molar-refractivity contribution in [2.75, 3.05) is 32.8 Å². The molecule has 0 aromatic rings. The van der Waals surface area contributed by atoms with Gasteiger partial charge in [-0.3, -0.25) is 0 Å². The first-order chi connectivity index (χ1) is 6.06. The van der Waals surface area contributed by atoms with Crippen LogP contribution in [0.5, 0.6) is 0 Å². The highest BCUT2D eigenvalue weighted by atomic mass is 16.5. The number of hydrogen-bond acceptors (Lipinski definition) is 3. The molecule has 3 heteroatoms. The Kier molecular flexibility index (Phi) is 7.23. The Balaban J connectivity index is 3.00. The summed E-state index contributed by atoms with van der Waals surface area (Å²) in [5.74, 6) is 0. The monoisotopic (exact) mass is 188 g/mol. The van der Waals surface area contributed by atoms with Crippen molar-refractivity contribution in [3.63, 3.8) is 0 Å². The fraction of sp³-hybridized carbons (Fsp3) is 1.00. The lowest BCUT2D eigenvalue weighted by molar-refractivity contribution is 0.133. The summed E-state index contributed by atoms with van der Waals surface area (Å²) in [6, 6.07) is 0. The van der Waals surface area contributed by atoms with Crippen molar-refractivity contribution in [1.82, 2.24) is 10.6 Å². The molecular formula is C10H24N2O. The molecule has 0 aromatic heterocycles. The van der Waals surface area contributed by atoms with Gasteiger partial charge in [0, 0.05) is 18.6 Å². The second-order valence-corrected chi connectivity index (χ2v) is 4.14. The maximum Gasteiger partial charge on any atom is 0.0591 e. The van der Waals surface area contributed by atoms with Crippen LogP contribution in [0.3, 0.4) is 0 Å². The van der Waals surface area contributed by atoms with Crippen molar-refractivity contribution in [1.29, 1.82) is 0 Å². The van der Waals surface area contributed by atoms with Crippen LogP contribution in [-0.2, 0) is 4.74 Å². The molecule has 0 saturated carbocycles. The van der Waals surface area contributed by atoms with Crippen LogP contribution >= 0.6 is 0 Å². The van der Waals surface area contributed by atoms with Crippen molar-refractivity contribution in [2.24, 2.45) is 0 Å². The topological polar surface area (TPSA) is 33.3 Å². The van der Waals surface area contributed by atoms with Gasteiger partial charge in [0.25, 0.3) is 0 Å². The number of likely N-dealkylation sites (N-methyl/N-ethyl adjacent to an activating group) is 1. The molecule has 13 heavy (non-hydrogen) atoms. The minimum absolute atomic E-state index is 0.199. The first-order valence-electron chi connectivity index (χ1n) is 5.10. The third kappa shape index (κ3) is 11.9. The van der Waals surface area contributed by atoms with E-state index in [1.165, 1.54) is 0 Å². The summed E-state index contributed by atoms with van der Waals surface area (Å²) >= 11 is 0. The molecule has 0 aliphatic heterocycles. The zero-order valence-electron chi connectivity index (χ0n) is 9.44. The lowest BCUT2D eigenvalue weighted by atomic mass is 10.1. The summed E-state index contributed by atoms with van der Waals surface area (Å²) in [4.78, 5) is 0. The quantitative estimate of drug-likeness (QED) is 0.585. The molecule has 80 valence electrons. The molecular weight excluding hydrogens is 164 g/mol. The summed E-state index contributed by atoms with van der Waals surface area (Å²) in [7, 11) is 0. The molecule has 0 aliphatic carbocycles. The SMILES string of the molecule is CCNCCOCCNC(C)(C)C. The lowest BCUT2D eigenvalue weighted by Crippen LogP contribution is -2.38. The van der Waals surface area contributed by atoms with Gasteiger partial charge in [0.05, 0.1) is 13.2 Å². The highest BCUT2D eigenvalue weighted by molar-refractivity contribution is 4.69. The van der Waals surface area contributed by atoms with Gasteiger partial charge >= 0.3 is 0 Å². The molecule has 0 spiro atoms. The summed E-state index contributed by atoms with van der Waals surface area (Å²) in [5.41, 5.74) is 0.199. The summed E-state index contributed by atoms with van der Waals surface area (Å²) < 4.78 is 5.41. The minimum atomic E-state index is 0.199. The molecule has 0 aliphatic rings. The van der Waals surface area contributed by atoms with Gasteiger partial charge in [-0.25, -0.2) is 0 Å². The normalized spacial score (nSPS) is 12.0. The molecule has 3 nitrogen and oxygen atoms in total. The first kappa shape index (κ1) is 12.9. The Bertz CT molecular complexity index is 110. The van der Waals surface area contributed by atoms with E-state index in [1.54, 1.807) is 0 Å². The molecule has 0 bridgehead atoms. The number of hydrogen-bond donors (Lipinski definition) is 2. The highest BCUT2D eigenvalue weighted by Crippen LogP contribution is 1.96. The highest BCUT2D eigenvalue weighted by Gasteiger charge is 2.06. The number of ether oxygens (including phenoxy) is 1. The fourth-order valence-electron chi connectivity index (χ4n) is 0.921. The minimum Gasteiger partial charge on any atom is -0.379 e. The second-order valence-electron chi connectivity index (χ2n) is 4.14. The van der Waals surface area contributed by atoms with E-state index >= 15 is 0 Å². The van der Waals surface area contributed by atoms with Gasteiger partial charge in [0.15, 0.2) is 0 Å². The van der Waals surface area contributed by atoms with Crippen LogP contribution < -0.4 is 10.6 Å². The zero-order valence-corrected chi connectivity index (χ0v) is 9.44. The van der Waals surface area contributed by atoms with Gasteiger partial charge in [-0.05, 0) is 27.3 Å². The van der Waals surface area contributed by atoms with Crippen molar-refractivity contribution in [3.8, 4) is 0 Å². The molecule has 0 aromatic carbocycles. The molecule has 0 saturated heterocycles. The van der Waals surface area contributed by atoms with Crippen LogP contribution in [0.15, 0.2) is 0 Å². The van der Waals surface area contributed by atoms with E-state index in [-0.39, 0.29) is 5.54 Å². The Morgan fingerprint density at radius 2 is 1.69 bits per heavy atom. The van der Waals surface area contributed by atoms with Crippen LogP contribution in [0, 0.1) is 0 Å². The van der Waals surface area contributed by atoms with E-state index in [1.807, 2.05) is 0 Å². The Morgan fingerprint density at radius 3 is 2.23 bits per heavy atom. The van der Waals surface area contributed by atoms with Crippen molar-refractivity contribution < 1.29 is 4.74 Å². The van der Waals surface area contributed by atoms with Gasteiger partial charge in [-0.1, -0.05) is 6.92 Å². The predicted molar refractivity (Wildman–Crippen MR) is 57.1 cm³/mol. The summed E-state index contributed by atoms with van der Waals surface area (Å²) in [6.07, 6.45) is 0. The molecule has 2 N–H and O–H groups in total. The zero-order chi connectivity index (χ0) is 10.2. The van der Waals surface area contributed by atoms with Crippen LogP contribution in [-0.4, -0.2) is 38.4 Å². The average Bonchev–Trinajstić information content (AvgIpc) is 2.01. The van der Waals surface area contributed by atoms with E-state index in [9.17, 15) is 0 Å². The molecule has 0 rings (SSSR count). The van der Waals surface area contributed by atoms with E-state index in [4.69, 9.17) is 4.74 Å². The van der Waals surface area contributed by atoms with Gasteiger partial charge in [0.2, 0.25) is 0 Å². The molecule has 0 atom stereocenters. The smallest absolute Gasteiger partial charge is 0.0591 e. The lowest BCUT2D eigenvalue weighted by Gasteiger charge is -2.20. The van der Waals surface area contributed by atoms with E-state index in [2.05, 4.69) is 38.3 Å². The number of rotatable bonds is 7. The fourth-order valence-corrected chi connectivity index (χ4v) is 0.921. The number of nitrogens with one attached hydrogen (secondary N) is 2. The van der Waals surface area contributed by atoms with Crippen molar-refractivity contribution >= 4 is 0 Å². The molecule has 0 heterocycles. The Morgan fingerprint density at radius 1 is 1.08 bits per heavy atom. The molecule has 0 unspecified atom stereocenters. The van der Waals surface area contributed by atoms with E-state index in [0.717, 1.165) is 32.8 Å². The predicted octanol–water partition coefficient (Wildman–Crippen LogP) is 1.00. The first-order valence-corrected chi connectivity index (χ1v) is 5.10. The molecule has 0 radical (unpaired) electrons. The van der Waals surface area contributed by atoms with Crippen LogP contribution in [0.1, 0.15) is 27.7 Å². The summed E-state index contributed by atoms with van der Waals surface area (Å²) in [5, 5.41) is 6.58. The molecule has 0 amide bonds. The molecule has 0 fully saturated rings. The van der Waals surface area contributed by atoms with Crippen LogP contribution in [0.4, 0.5) is 0 Å². The standard InChI is InChI=1S/C10H24N2O/c1-5-11-6-8-13-9-7-12-10(2,3)4/h11-12H,5-9H2,1-4H3.